The largest absolute Gasteiger partial charge is 0.444 e. The van der Waals surface area contributed by atoms with Crippen molar-refractivity contribution in [3.63, 3.8) is 0 Å². The Morgan fingerprint density at radius 3 is 2.67 bits per heavy atom. The molecule has 4 heteroatoms. The molecule has 0 aliphatic carbocycles. The second-order valence-corrected chi connectivity index (χ2v) is 5.50. The lowest BCUT2D eigenvalue weighted by atomic mass is 9.87. The zero-order valence-electron chi connectivity index (χ0n) is 12.2. The Morgan fingerprint density at radius 1 is 1.39 bits per heavy atom. The molecule has 1 fully saturated rings. The molecule has 1 aromatic rings. The highest BCUT2D eigenvalue weighted by molar-refractivity contribution is 5.05. The second-order valence-electron chi connectivity index (χ2n) is 5.50. The van der Waals surface area contributed by atoms with Crippen molar-refractivity contribution in [3.8, 4) is 0 Å². The van der Waals surface area contributed by atoms with Gasteiger partial charge in [0.15, 0.2) is 0 Å². The molecule has 0 bridgehead atoms. The first kappa shape index (κ1) is 13.6. The van der Waals surface area contributed by atoms with E-state index >= 15 is 0 Å². The van der Waals surface area contributed by atoms with E-state index in [1.54, 1.807) is 0 Å². The Labute approximate surface area is 110 Å². The summed E-state index contributed by atoms with van der Waals surface area (Å²) in [6, 6.07) is 1.19. The van der Waals surface area contributed by atoms with Crippen LogP contribution in [0.15, 0.2) is 4.42 Å². The third-order valence-electron chi connectivity index (χ3n) is 4.48. The predicted octanol–water partition coefficient (Wildman–Crippen LogP) is 2.11. The van der Waals surface area contributed by atoms with E-state index in [0.717, 1.165) is 30.4 Å². The van der Waals surface area contributed by atoms with Gasteiger partial charge in [0.25, 0.3) is 0 Å². The summed E-state index contributed by atoms with van der Waals surface area (Å²) in [5.41, 5.74) is 1.01. The number of nitrogens with one attached hydrogen (secondary N) is 1. The SMILES string of the molecule is CNC1CCN(Cc2nc(C)c(C)o2)C(C)C1C. The maximum absolute atomic E-state index is 5.69. The molecular formula is C14H25N3O. The zero-order chi connectivity index (χ0) is 13.3. The smallest absolute Gasteiger partial charge is 0.208 e. The Morgan fingerprint density at radius 2 is 2.11 bits per heavy atom. The van der Waals surface area contributed by atoms with Crippen molar-refractivity contribution in [1.29, 1.82) is 0 Å². The van der Waals surface area contributed by atoms with Crippen LogP contribution in [0.25, 0.3) is 0 Å². The zero-order valence-corrected chi connectivity index (χ0v) is 12.2. The minimum atomic E-state index is 0.559. The molecule has 3 unspecified atom stereocenters. The molecule has 1 saturated heterocycles. The van der Waals surface area contributed by atoms with Crippen LogP contribution in [-0.2, 0) is 6.54 Å². The molecular weight excluding hydrogens is 226 g/mol. The highest BCUT2D eigenvalue weighted by Gasteiger charge is 2.32. The Kier molecular flexibility index (Phi) is 4.07. The number of nitrogens with zero attached hydrogens (tertiary/aromatic N) is 2. The maximum Gasteiger partial charge on any atom is 0.208 e. The fraction of sp³-hybridized carbons (Fsp3) is 0.786. The quantitative estimate of drug-likeness (QED) is 0.893. The predicted molar refractivity (Wildman–Crippen MR) is 72.5 cm³/mol. The monoisotopic (exact) mass is 251 g/mol. The molecule has 0 amide bonds. The molecule has 0 spiro atoms. The summed E-state index contributed by atoms with van der Waals surface area (Å²) in [6.45, 7) is 10.5. The van der Waals surface area contributed by atoms with E-state index in [0.29, 0.717) is 18.0 Å². The number of aromatic nitrogens is 1. The van der Waals surface area contributed by atoms with Crippen LogP contribution in [0, 0.1) is 19.8 Å². The molecule has 1 N–H and O–H groups in total. The van der Waals surface area contributed by atoms with E-state index in [2.05, 4.69) is 36.1 Å². The Hall–Kier alpha value is -0.870. The summed E-state index contributed by atoms with van der Waals surface area (Å²) in [7, 11) is 2.06. The van der Waals surface area contributed by atoms with Gasteiger partial charge in [0, 0.05) is 18.6 Å². The van der Waals surface area contributed by atoms with E-state index < -0.39 is 0 Å². The minimum absolute atomic E-state index is 0.559. The van der Waals surface area contributed by atoms with Gasteiger partial charge in [0.1, 0.15) is 5.76 Å². The third kappa shape index (κ3) is 2.59. The first-order valence-corrected chi connectivity index (χ1v) is 6.87. The number of hydrogen-bond acceptors (Lipinski definition) is 4. The van der Waals surface area contributed by atoms with Crippen LogP contribution < -0.4 is 5.32 Å². The number of aryl methyl sites for hydroxylation is 2. The average Bonchev–Trinajstić information content (AvgIpc) is 2.65. The molecule has 0 radical (unpaired) electrons. The molecule has 4 nitrogen and oxygen atoms in total. The minimum Gasteiger partial charge on any atom is -0.444 e. The fourth-order valence-electron chi connectivity index (χ4n) is 2.85. The van der Waals surface area contributed by atoms with Crippen LogP contribution in [0.1, 0.15) is 37.6 Å². The highest BCUT2D eigenvalue weighted by atomic mass is 16.4. The second kappa shape index (κ2) is 5.41. The topological polar surface area (TPSA) is 41.3 Å². The molecule has 1 aliphatic heterocycles. The van der Waals surface area contributed by atoms with Gasteiger partial charge in [-0.2, -0.15) is 0 Å². The molecule has 0 aromatic carbocycles. The normalized spacial score (nSPS) is 29.7. The van der Waals surface area contributed by atoms with Crippen molar-refractivity contribution in [2.75, 3.05) is 13.6 Å². The number of piperidine rings is 1. The van der Waals surface area contributed by atoms with Crippen LogP contribution in [0.5, 0.6) is 0 Å². The van der Waals surface area contributed by atoms with E-state index in [4.69, 9.17) is 4.42 Å². The van der Waals surface area contributed by atoms with Crippen LogP contribution in [0.3, 0.4) is 0 Å². The van der Waals surface area contributed by atoms with E-state index in [-0.39, 0.29) is 0 Å². The van der Waals surface area contributed by atoms with Crippen molar-refractivity contribution >= 4 is 0 Å². The van der Waals surface area contributed by atoms with E-state index in [1.807, 2.05) is 13.8 Å². The molecule has 1 aliphatic rings. The van der Waals surface area contributed by atoms with Crippen molar-refractivity contribution in [3.05, 3.63) is 17.3 Å². The van der Waals surface area contributed by atoms with Crippen molar-refractivity contribution in [2.45, 2.75) is 52.7 Å². The van der Waals surface area contributed by atoms with Crippen LogP contribution in [-0.4, -0.2) is 35.6 Å². The number of hydrogen-bond donors (Lipinski definition) is 1. The lowest BCUT2D eigenvalue weighted by Crippen LogP contribution is -2.52. The van der Waals surface area contributed by atoms with E-state index in [9.17, 15) is 0 Å². The molecule has 18 heavy (non-hydrogen) atoms. The van der Waals surface area contributed by atoms with Crippen LogP contribution >= 0.6 is 0 Å². The van der Waals surface area contributed by atoms with Crippen LogP contribution in [0.4, 0.5) is 0 Å². The van der Waals surface area contributed by atoms with Gasteiger partial charge in [-0.1, -0.05) is 6.92 Å². The van der Waals surface area contributed by atoms with Crippen molar-refractivity contribution in [2.24, 2.45) is 5.92 Å². The van der Waals surface area contributed by atoms with Gasteiger partial charge in [-0.3, -0.25) is 4.90 Å². The molecule has 3 atom stereocenters. The standard InChI is InChI=1S/C14H25N3O/c1-9-11(3)17(7-6-13(9)15-5)8-14-16-10(2)12(4)18-14/h9,11,13,15H,6-8H2,1-5H3. The summed E-state index contributed by atoms with van der Waals surface area (Å²) < 4.78 is 5.69. The van der Waals surface area contributed by atoms with Gasteiger partial charge in [-0.25, -0.2) is 4.98 Å². The van der Waals surface area contributed by atoms with Gasteiger partial charge in [0.05, 0.1) is 12.2 Å². The number of oxazole rings is 1. The molecule has 1 aromatic heterocycles. The highest BCUT2D eigenvalue weighted by Crippen LogP contribution is 2.25. The van der Waals surface area contributed by atoms with Gasteiger partial charge in [0.2, 0.25) is 5.89 Å². The third-order valence-corrected chi connectivity index (χ3v) is 4.48. The first-order valence-electron chi connectivity index (χ1n) is 6.87. The fourth-order valence-corrected chi connectivity index (χ4v) is 2.85. The number of rotatable bonds is 3. The average molecular weight is 251 g/mol. The van der Waals surface area contributed by atoms with Gasteiger partial charge in [-0.15, -0.1) is 0 Å². The molecule has 2 rings (SSSR count). The van der Waals surface area contributed by atoms with Gasteiger partial charge >= 0.3 is 0 Å². The van der Waals surface area contributed by atoms with Gasteiger partial charge < -0.3 is 9.73 Å². The first-order chi connectivity index (χ1) is 8.52. The molecule has 0 saturated carbocycles. The maximum atomic E-state index is 5.69. The lowest BCUT2D eigenvalue weighted by Gasteiger charge is -2.42. The van der Waals surface area contributed by atoms with Gasteiger partial charge in [-0.05, 0) is 40.2 Å². The lowest BCUT2D eigenvalue weighted by molar-refractivity contribution is 0.0731. The number of likely N-dealkylation sites (tertiary alicyclic amines) is 1. The Bertz CT molecular complexity index is 382. The van der Waals surface area contributed by atoms with E-state index in [1.165, 1.54) is 6.42 Å². The molecule has 2 heterocycles. The van der Waals surface area contributed by atoms with Crippen molar-refractivity contribution < 1.29 is 4.42 Å². The van der Waals surface area contributed by atoms with Crippen LogP contribution in [0.2, 0.25) is 0 Å². The summed E-state index contributed by atoms with van der Waals surface area (Å²) >= 11 is 0. The summed E-state index contributed by atoms with van der Waals surface area (Å²) in [5, 5.41) is 3.42. The summed E-state index contributed by atoms with van der Waals surface area (Å²) in [6.07, 6.45) is 1.20. The summed E-state index contributed by atoms with van der Waals surface area (Å²) in [5.74, 6) is 2.45. The summed E-state index contributed by atoms with van der Waals surface area (Å²) in [4.78, 5) is 6.95. The Balaban J connectivity index is 2.02. The molecule has 102 valence electrons. The van der Waals surface area contributed by atoms with Crippen molar-refractivity contribution in [1.82, 2.24) is 15.2 Å².